The average Bonchev–Trinajstić information content (AvgIpc) is 2.77. The van der Waals surface area contributed by atoms with E-state index in [2.05, 4.69) is 37.9 Å². The molecule has 0 bridgehead atoms. The van der Waals surface area contributed by atoms with E-state index in [1.807, 2.05) is 81.4 Å². The zero-order valence-electron chi connectivity index (χ0n) is 21.6. The fraction of sp³-hybridized carbons (Fsp3) is 0.500. The van der Waals surface area contributed by atoms with E-state index in [1.165, 1.54) is 0 Å². The number of carbonyl (C=O) groups is 2. The van der Waals surface area contributed by atoms with Gasteiger partial charge in [-0.3, -0.25) is 9.59 Å². The molecule has 0 aliphatic rings. The molecule has 5 nitrogen and oxygen atoms in total. The summed E-state index contributed by atoms with van der Waals surface area (Å²) in [6.07, 6.45) is 0.745. The van der Waals surface area contributed by atoms with Gasteiger partial charge in [-0.15, -0.1) is 0 Å². The number of nitrogens with zero attached hydrogens (tertiary/aromatic N) is 2. The summed E-state index contributed by atoms with van der Waals surface area (Å²) in [5.41, 5.74) is 3.87. The summed E-state index contributed by atoms with van der Waals surface area (Å²) in [6.45, 7) is 12.7. The van der Waals surface area contributed by atoms with E-state index >= 15 is 0 Å². The molecule has 33 heavy (non-hydrogen) atoms. The molecular weight excluding hydrogens is 410 g/mol. The quantitative estimate of drug-likeness (QED) is 0.488. The van der Waals surface area contributed by atoms with Crippen molar-refractivity contribution >= 4 is 23.2 Å². The molecule has 0 fully saturated rings. The van der Waals surface area contributed by atoms with E-state index in [0.29, 0.717) is 12.5 Å². The van der Waals surface area contributed by atoms with E-state index < -0.39 is 0 Å². The van der Waals surface area contributed by atoms with Crippen LogP contribution in [0.25, 0.3) is 0 Å². The van der Waals surface area contributed by atoms with Gasteiger partial charge in [-0.05, 0) is 48.6 Å². The minimum Gasteiger partial charge on any atom is -0.377 e. The summed E-state index contributed by atoms with van der Waals surface area (Å²) < 4.78 is 0. The highest BCUT2D eigenvalue weighted by Gasteiger charge is 2.30. The minimum absolute atomic E-state index is 0.0165. The first-order chi connectivity index (χ1) is 15.6. The summed E-state index contributed by atoms with van der Waals surface area (Å²) in [6, 6.07) is 16.1. The molecule has 2 atom stereocenters. The van der Waals surface area contributed by atoms with Gasteiger partial charge in [-0.2, -0.15) is 0 Å². The van der Waals surface area contributed by atoms with Crippen LogP contribution in [0.4, 0.5) is 11.4 Å². The fourth-order valence-electron chi connectivity index (χ4n) is 3.92. The predicted octanol–water partition coefficient (Wildman–Crippen LogP) is 5.91. The Balaban J connectivity index is 2.47. The van der Waals surface area contributed by atoms with Gasteiger partial charge in [-0.25, -0.2) is 0 Å². The highest BCUT2D eigenvalue weighted by Crippen LogP contribution is 2.30. The molecule has 2 aromatic carbocycles. The SMILES string of the molecule is CC[C@H](C(=O)N(Cc1cc(NC(=O)C(C)C)ccc1N(C)C)[C@@H](C)C(C)C)c1ccccc1. The third kappa shape index (κ3) is 6.83. The molecule has 1 N–H and O–H groups in total. The zero-order valence-corrected chi connectivity index (χ0v) is 21.6. The van der Waals surface area contributed by atoms with E-state index in [4.69, 9.17) is 0 Å². The molecule has 0 spiro atoms. The van der Waals surface area contributed by atoms with Crippen LogP contribution in [-0.2, 0) is 16.1 Å². The number of rotatable bonds is 10. The molecule has 0 aromatic heterocycles. The lowest BCUT2D eigenvalue weighted by Gasteiger charge is -2.36. The fourth-order valence-corrected chi connectivity index (χ4v) is 3.92. The van der Waals surface area contributed by atoms with Crippen molar-refractivity contribution in [1.29, 1.82) is 0 Å². The maximum Gasteiger partial charge on any atom is 0.230 e. The average molecular weight is 452 g/mol. The van der Waals surface area contributed by atoms with Gasteiger partial charge < -0.3 is 15.1 Å². The monoisotopic (exact) mass is 451 g/mol. The van der Waals surface area contributed by atoms with Crippen molar-refractivity contribution in [2.45, 2.75) is 66.5 Å². The van der Waals surface area contributed by atoms with Crippen molar-refractivity contribution in [2.24, 2.45) is 11.8 Å². The van der Waals surface area contributed by atoms with Crippen LogP contribution in [0, 0.1) is 11.8 Å². The molecule has 0 saturated heterocycles. The van der Waals surface area contributed by atoms with E-state index in [9.17, 15) is 9.59 Å². The number of nitrogens with one attached hydrogen (secondary N) is 1. The Morgan fingerprint density at radius 3 is 2.09 bits per heavy atom. The summed E-state index contributed by atoms with van der Waals surface area (Å²) in [4.78, 5) is 30.2. The Morgan fingerprint density at radius 2 is 1.58 bits per heavy atom. The molecule has 180 valence electrons. The van der Waals surface area contributed by atoms with Crippen LogP contribution in [0.5, 0.6) is 0 Å². The summed E-state index contributed by atoms with van der Waals surface area (Å²) in [5.74, 6) is 0.161. The van der Waals surface area contributed by atoms with Crippen molar-refractivity contribution in [3.05, 3.63) is 59.7 Å². The Labute approximate surface area is 200 Å². The lowest BCUT2D eigenvalue weighted by atomic mass is 9.92. The van der Waals surface area contributed by atoms with E-state index in [-0.39, 0.29) is 29.7 Å². The highest BCUT2D eigenvalue weighted by atomic mass is 16.2. The van der Waals surface area contributed by atoms with Gasteiger partial charge in [0, 0.05) is 44.0 Å². The Morgan fingerprint density at radius 1 is 0.939 bits per heavy atom. The predicted molar refractivity (Wildman–Crippen MR) is 139 cm³/mol. The summed E-state index contributed by atoms with van der Waals surface area (Å²) in [7, 11) is 4.00. The molecule has 0 saturated carbocycles. The smallest absolute Gasteiger partial charge is 0.230 e. The molecule has 0 unspecified atom stereocenters. The van der Waals surface area contributed by atoms with Crippen LogP contribution in [0.2, 0.25) is 0 Å². The molecule has 0 heterocycles. The van der Waals surface area contributed by atoms with Crippen LogP contribution < -0.4 is 10.2 Å². The third-order valence-electron chi connectivity index (χ3n) is 6.34. The third-order valence-corrected chi connectivity index (χ3v) is 6.34. The van der Waals surface area contributed by atoms with Crippen molar-refractivity contribution in [1.82, 2.24) is 4.90 Å². The number of benzene rings is 2. The maximum atomic E-state index is 13.9. The number of anilines is 2. The van der Waals surface area contributed by atoms with Crippen LogP contribution in [0.15, 0.2) is 48.5 Å². The number of hydrogen-bond acceptors (Lipinski definition) is 3. The second-order valence-corrected chi connectivity index (χ2v) is 9.70. The first-order valence-electron chi connectivity index (χ1n) is 12.0. The number of amides is 2. The van der Waals surface area contributed by atoms with Gasteiger partial charge in [0.05, 0.1) is 5.92 Å². The van der Waals surface area contributed by atoms with Crippen molar-refractivity contribution < 1.29 is 9.59 Å². The summed E-state index contributed by atoms with van der Waals surface area (Å²) >= 11 is 0. The van der Waals surface area contributed by atoms with Gasteiger partial charge in [0.2, 0.25) is 11.8 Å². The van der Waals surface area contributed by atoms with Gasteiger partial charge >= 0.3 is 0 Å². The second-order valence-electron chi connectivity index (χ2n) is 9.70. The zero-order chi connectivity index (χ0) is 24.7. The number of carbonyl (C=O) groups excluding carboxylic acids is 2. The van der Waals surface area contributed by atoms with Crippen LogP contribution in [0.1, 0.15) is 65.0 Å². The lowest BCUT2D eigenvalue weighted by molar-refractivity contribution is -0.136. The molecule has 2 amide bonds. The molecule has 5 heteroatoms. The first-order valence-corrected chi connectivity index (χ1v) is 12.0. The van der Waals surface area contributed by atoms with Crippen LogP contribution in [-0.4, -0.2) is 36.9 Å². The normalized spacial score (nSPS) is 13.0. The minimum atomic E-state index is -0.181. The van der Waals surface area contributed by atoms with Gasteiger partial charge in [0.25, 0.3) is 0 Å². The molecular formula is C28H41N3O2. The van der Waals surface area contributed by atoms with Gasteiger partial charge in [-0.1, -0.05) is 65.0 Å². The van der Waals surface area contributed by atoms with Crippen molar-refractivity contribution in [3.8, 4) is 0 Å². The molecule has 2 aromatic rings. The van der Waals surface area contributed by atoms with E-state index in [0.717, 1.165) is 28.9 Å². The van der Waals surface area contributed by atoms with E-state index in [1.54, 1.807) is 0 Å². The summed E-state index contributed by atoms with van der Waals surface area (Å²) in [5, 5.41) is 3.00. The van der Waals surface area contributed by atoms with Gasteiger partial charge in [0.15, 0.2) is 0 Å². The molecule has 2 rings (SSSR count). The first kappa shape index (κ1) is 26.4. The molecule has 0 radical (unpaired) electrons. The van der Waals surface area contributed by atoms with Gasteiger partial charge in [0.1, 0.15) is 0 Å². The maximum absolute atomic E-state index is 13.9. The topological polar surface area (TPSA) is 52.7 Å². The van der Waals surface area contributed by atoms with Crippen LogP contribution >= 0.6 is 0 Å². The van der Waals surface area contributed by atoms with Crippen molar-refractivity contribution in [3.63, 3.8) is 0 Å². The molecule has 0 aliphatic carbocycles. The Bertz CT molecular complexity index is 922. The Kier molecular flexibility index (Phi) is 9.51. The Hall–Kier alpha value is -2.82. The van der Waals surface area contributed by atoms with Crippen LogP contribution in [0.3, 0.4) is 0 Å². The van der Waals surface area contributed by atoms with Crippen molar-refractivity contribution in [2.75, 3.05) is 24.3 Å². The lowest BCUT2D eigenvalue weighted by Crippen LogP contribution is -2.43. The largest absolute Gasteiger partial charge is 0.377 e. The number of hydrogen-bond donors (Lipinski definition) is 1. The molecule has 0 aliphatic heterocycles. The standard InChI is InChI=1S/C28H41N3O2/c1-9-25(22-13-11-10-12-14-22)28(33)31(21(6)19(2)3)18-23-17-24(29-27(32)20(4)5)15-16-26(23)30(7)8/h10-17,19-21,25H,9,18H2,1-8H3,(H,29,32)/t21-,25-/m0/s1. The highest BCUT2D eigenvalue weighted by molar-refractivity contribution is 5.92. The second kappa shape index (κ2) is 11.9.